The highest BCUT2D eigenvalue weighted by Gasteiger charge is 2.28. The Morgan fingerprint density at radius 2 is 2.08 bits per heavy atom. The number of pyridine rings is 1. The van der Waals surface area contributed by atoms with Crippen LogP contribution in [-0.4, -0.2) is 45.5 Å². The Morgan fingerprint density at radius 3 is 2.96 bits per heavy atom. The first kappa shape index (κ1) is 15.7. The smallest absolute Gasteiger partial charge is 0.254 e. The van der Waals surface area contributed by atoms with E-state index in [1.165, 1.54) is 0 Å². The number of aromatic nitrogens is 3. The van der Waals surface area contributed by atoms with Gasteiger partial charge in [0.2, 0.25) is 0 Å². The lowest BCUT2D eigenvalue weighted by Gasteiger charge is -2.32. The molecule has 3 heterocycles. The molecule has 126 valence electrons. The van der Waals surface area contributed by atoms with E-state index in [0.717, 1.165) is 16.6 Å². The van der Waals surface area contributed by atoms with Crippen molar-refractivity contribution in [3.63, 3.8) is 0 Å². The molecule has 3 aromatic rings. The first-order valence-corrected chi connectivity index (χ1v) is 8.26. The molecule has 4 rings (SSSR count). The lowest BCUT2D eigenvalue weighted by Crippen LogP contribution is -2.42. The first-order chi connectivity index (χ1) is 12.2. The van der Waals surface area contributed by atoms with Crippen LogP contribution in [0, 0.1) is 6.92 Å². The molecule has 0 radical (unpaired) electrons. The van der Waals surface area contributed by atoms with Crippen LogP contribution < -0.4 is 0 Å². The highest BCUT2D eigenvalue weighted by molar-refractivity contribution is 6.06. The van der Waals surface area contributed by atoms with E-state index in [2.05, 4.69) is 15.0 Å². The van der Waals surface area contributed by atoms with E-state index >= 15 is 0 Å². The lowest BCUT2D eigenvalue weighted by atomic mass is 10.1. The summed E-state index contributed by atoms with van der Waals surface area (Å²) in [4.78, 5) is 27.9. The third kappa shape index (κ3) is 3.08. The molecule has 0 saturated carbocycles. The molecule has 0 aliphatic carbocycles. The van der Waals surface area contributed by atoms with Crippen LogP contribution in [0.5, 0.6) is 0 Å². The summed E-state index contributed by atoms with van der Waals surface area (Å²) < 4.78 is 5.79. The molecular weight excluding hydrogens is 316 g/mol. The molecule has 1 amide bonds. The number of rotatable bonds is 2. The SMILES string of the molecule is Cc1ccnc([C@H]2CN(C(=O)c3cccc4ncccc34)CCO2)n1. The average Bonchev–Trinajstić information content (AvgIpc) is 2.67. The van der Waals surface area contributed by atoms with Crippen LogP contribution in [0.2, 0.25) is 0 Å². The quantitative estimate of drug-likeness (QED) is 0.720. The maximum Gasteiger partial charge on any atom is 0.254 e. The van der Waals surface area contributed by atoms with Crippen LogP contribution in [0.25, 0.3) is 10.9 Å². The molecular formula is C19H18N4O2. The molecule has 0 bridgehead atoms. The van der Waals surface area contributed by atoms with Crippen molar-refractivity contribution >= 4 is 16.8 Å². The van der Waals surface area contributed by atoms with Crippen LogP contribution in [0.15, 0.2) is 48.8 Å². The molecule has 0 N–H and O–H groups in total. The number of hydrogen-bond acceptors (Lipinski definition) is 5. The van der Waals surface area contributed by atoms with E-state index in [0.29, 0.717) is 31.1 Å². The summed E-state index contributed by atoms with van der Waals surface area (Å²) in [7, 11) is 0. The Labute approximate surface area is 145 Å². The van der Waals surface area contributed by atoms with Gasteiger partial charge in [-0.25, -0.2) is 9.97 Å². The number of hydrogen-bond donors (Lipinski definition) is 0. The van der Waals surface area contributed by atoms with E-state index in [1.54, 1.807) is 12.4 Å². The first-order valence-electron chi connectivity index (χ1n) is 8.26. The van der Waals surface area contributed by atoms with Crippen molar-refractivity contribution in [2.24, 2.45) is 0 Å². The molecule has 1 aromatic carbocycles. The van der Waals surface area contributed by atoms with Gasteiger partial charge < -0.3 is 9.64 Å². The number of nitrogens with zero attached hydrogens (tertiary/aromatic N) is 4. The number of benzene rings is 1. The average molecular weight is 334 g/mol. The zero-order valence-corrected chi connectivity index (χ0v) is 13.9. The van der Waals surface area contributed by atoms with Gasteiger partial charge in [-0.3, -0.25) is 9.78 Å². The molecule has 6 nitrogen and oxygen atoms in total. The number of amides is 1. The van der Waals surface area contributed by atoms with Crippen LogP contribution in [-0.2, 0) is 4.74 Å². The minimum atomic E-state index is -0.300. The van der Waals surface area contributed by atoms with E-state index in [-0.39, 0.29) is 12.0 Å². The predicted molar refractivity (Wildman–Crippen MR) is 93.1 cm³/mol. The van der Waals surface area contributed by atoms with Crippen molar-refractivity contribution in [2.75, 3.05) is 19.7 Å². The lowest BCUT2D eigenvalue weighted by molar-refractivity contribution is -0.0268. The van der Waals surface area contributed by atoms with Crippen LogP contribution in [0.4, 0.5) is 0 Å². The van der Waals surface area contributed by atoms with Gasteiger partial charge in [-0.1, -0.05) is 12.1 Å². The fraction of sp³-hybridized carbons (Fsp3) is 0.263. The van der Waals surface area contributed by atoms with Gasteiger partial charge in [0.1, 0.15) is 6.10 Å². The maximum atomic E-state index is 13.1. The zero-order valence-electron chi connectivity index (χ0n) is 13.9. The topological polar surface area (TPSA) is 68.2 Å². The highest BCUT2D eigenvalue weighted by Crippen LogP contribution is 2.23. The Balaban J connectivity index is 1.61. The third-order valence-corrected chi connectivity index (χ3v) is 4.33. The van der Waals surface area contributed by atoms with Crippen molar-refractivity contribution < 1.29 is 9.53 Å². The molecule has 6 heteroatoms. The minimum absolute atomic E-state index is 0.0143. The van der Waals surface area contributed by atoms with Gasteiger partial charge in [0.15, 0.2) is 5.82 Å². The highest BCUT2D eigenvalue weighted by atomic mass is 16.5. The van der Waals surface area contributed by atoms with Crippen LogP contribution in [0.1, 0.15) is 28.0 Å². The van der Waals surface area contributed by atoms with E-state index in [4.69, 9.17) is 4.74 Å². The predicted octanol–water partition coefficient (Wildman–Crippen LogP) is 2.55. The largest absolute Gasteiger partial charge is 0.367 e. The van der Waals surface area contributed by atoms with E-state index < -0.39 is 0 Å². The summed E-state index contributed by atoms with van der Waals surface area (Å²) in [5.74, 6) is 0.608. The summed E-state index contributed by atoms with van der Waals surface area (Å²) in [6.45, 7) is 3.38. The van der Waals surface area contributed by atoms with Gasteiger partial charge in [0.25, 0.3) is 5.91 Å². The van der Waals surface area contributed by atoms with Crippen LogP contribution >= 0.6 is 0 Å². The molecule has 2 aromatic heterocycles. The molecule has 0 spiro atoms. The molecule has 1 aliphatic heterocycles. The maximum absolute atomic E-state index is 13.1. The Kier molecular flexibility index (Phi) is 4.11. The number of aryl methyl sites for hydroxylation is 1. The van der Waals surface area contributed by atoms with Crippen molar-refractivity contribution in [1.29, 1.82) is 0 Å². The van der Waals surface area contributed by atoms with Gasteiger partial charge >= 0.3 is 0 Å². The second kappa shape index (κ2) is 6.57. The summed E-state index contributed by atoms with van der Waals surface area (Å²) in [5.41, 5.74) is 2.37. The van der Waals surface area contributed by atoms with Gasteiger partial charge in [0.05, 0.1) is 18.7 Å². The number of carbonyl (C=O) groups is 1. The standard InChI is InChI=1S/C19H18N4O2/c1-13-7-9-21-18(22-13)17-12-23(10-11-25-17)19(24)15-4-2-6-16-14(15)5-3-8-20-16/h2-9,17H,10-12H2,1H3/t17-/m1/s1. The number of ether oxygens (including phenoxy) is 1. The van der Waals surface area contributed by atoms with Gasteiger partial charge in [-0.15, -0.1) is 0 Å². The van der Waals surface area contributed by atoms with Crippen molar-refractivity contribution in [3.05, 3.63) is 65.9 Å². The number of fused-ring (bicyclic) bond motifs is 1. The number of carbonyl (C=O) groups excluding carboxylic acids is 1. The van der Waals surface area contributed by atoms with Crippen molar-refractivity contribution in [1.82, 2.24) is 19.9 Å². The molecule has 0 unspecified atom stereocenters. The second-order valence-electron chi connectivity index (χ2n) is 6.04. The minimum Gasteiger partial charge on any atom is -0.367 e. The molecule has 1 atom stereocenters. The summed E-state index contributed by atoms with van der Waals surface area (Å²) in [6, 6.07) is 11.2. The summed E-state index contributed by atoms with van der Waals surface area (Å²) in [6.07, 6.45) is 3.15. The number of morpholine rings is 1. The fourth-order valence-corrected chi connectivity index (χ4v) is 3.07. The Morgan fingerprint density at radius 1 is 1.16 bits per heavy atom. The van der Waals surface area contributed by atoms with Gasteiger partial charge in [-0.2, -0.15) is 0 Å². The monoisotopic (exact) mass is 334 g/mol. The summed E-state index contributed by atoms with van der Waals surface area (Å²) in [5, 5.41) is 0.866. The zero-order chi connectivity index (χ0) is 17.2. The Bertz CT molecular complexity index is 923. The molecule has 1 aliphatic rings. The third-order valence-electron chi connectivity index (χ3n) is 4.33. The second-order valence-corrected chi connectivity index (χ2v) is 6.04. The van der Waals surface area contributed by atoms with Gasteiger partial charge in [0, 0.05) is 35.6 Å². The van der Waals surface area contributed by atoms with E-state index in [1.807, 2.05) is 48.2 Å². The Hall–Kier alpha value is -2.86. The molecule has 1 saturated heterocycles. The van der Waals surface area contributed by atoms with Gasteiger partial charge in [-0.05, 0) is 31.2 Å². The van der Waals surface area contributed by atoms with Crippen LogP contribution in [0.3, 0.4) is 0 Å². The van der Waals surface area contributed by atoms with E-state index in [9.17, 15) is 4.79 Å². The molecule has 25 heavy (non-hydrogen) atoms. The van der Waals surface area contributed by atoms with Crippen molar-refractivity contribution in [3.8, 4) is 0 Å². The normalized spacial score (nSPS) is 17.6. The van der Waals surface area contributed by atoms with Crippen molar-refractivity contribution in [2.45, 2.75) is 13.0 Å². The fourth-order valence-electron chi connectivity index (χ4n) is 3.07. The summed E-state index contributed by atoms with van der Waals surface area (Å²) >= 11 is 0. The molecule has 1 fully saturated rings.